The highest BCUT2D eigenvalue weighted by Crippen LogP contribution is 2.34. The van der Waals surface area contributed by atoms with Crippen molar-refractivity contribution in [2.24, 2.45) is 0 Å². The number of thiophene rings is 1. The van der Waals surface area contributed by atoms with Crippen LogP contribution in [0.1, 0.15) is 17.2 Å². The summed E-state index contributed by atoms with van der Waals surface area (Å²) in [6.45, 7) is 0. The average molecular weight is 302 g/mol. The van der Waals surface area contributed by atoms with Gasteiger partial charge in [0, 0.05) is 7.05 Å². The van der Waals surface area contributed by atoms with E-state index in [0.717, 1.165) is 5.56 Å². The number of halogens is 1. The second kappa shape index (κ2) is 5.88. The molecule has 0 amide bonds. The number of hydrogen-bond donors (Lipinski definition) is 2. The van der Waals surface area contributed by atoms with E-state index < -0.39 is 6.10 Å². The molecule has 1 unspecified atom stereocenters. The second-order valence-corrected chi connectivity index (χ2v) is 5.38. The van der Waals surface area contributed by atoms with Crippen molar-refractivity contribution < 1.29 is 5.11 Å². The van der Waals surface area contributed by atoms with E-state index in [1.165, 1.54) is 23.1 Å². The Morgan fingerprint density at radius 1 is 1.50 bits per heavy atom. The van der Waals surface area contributed by atoms with Gasteiger partial charge in [-0.1, -0.05) is 23.4 Å². The minimum Gasteiger partial charge on any atom is -0.383 e. The summed E-state index contributed by atoms with van der Waals surface area (Å²) in [5, 5.41) is 17.9. The van der Waals surface area contributed by atoms with Gasteiger partial charge in [0.1, 0.15) is 17.1 Å². The lowest BCUT2D eigenvalue weighted by Gasteiger charge is -2.15. The molecule has 0 saturated heterocycles. The topological polar surface area (TPSA) is 58.0 Å². The van der Waals surface area contributed by atoms with Crippen LogP contribution >= 0.6 is 34.7 Å². The van der Waals surface area contributed by atoms with Crippen molar-refractivity contribution in [2.45, 2.75) is 11.3 Å². The predicted octanol–water partition coefficient (Wildman–Crippen LogP) is 3.04. The normalized spacial score (nSPS) is 12.4. The van der Waals surface area contributed by atoms with Crippen molar-refractivity contribution in [3.63, 3.8) is 0 Å². The van der Waals surface area contributed by atoms with Gasteiger partial charge in [0.2, 0.25) is 0 Å². The molecule has 0 aliphatic heterocycles. The fourth-order valence-corrected chi connectivity index (χ4v) is 2.91. The summed E-state index contributed by atoms with van der Waals surface area (Å²) in [7, 11) is 1.74. The summed E-state index contributed by atoms with van der Waals surface area (Å²) >= 11 is 9.07. The van der Waals surface area contributed by atoms with Crippen LogP contribution in [0.15, 0.2) is 22.0 Å². The lowest BCUT2D eigenvalue weighted by Crippen LogP contribution is -2.08. The second-order valence-electron chi connectivity index (χ2n) is 3.47. The molecule has 96 valence electrons. The predicted molar refractivity (Wildman–Crippen MR) is 76.8 cm³/mol. The zero-order chi connectivity index (χ0) is 13.1. The number of aromatic nitrogens is 2. The average Bonchev–Trinajstić information content (AvgIpc) is 2.90. The Kier molecular flexibility index (Phi) is 4.45. The molecule has 2 aromatic heterocycles. The number of thioether (sulfide) groups is 1. The lowest BCUT2D eigenvalue weighted by atomic mass is 10.1. The lowest BCUT2D eigenvalue weighted by molar-refractivity contribution is 0.220. The molecule has 4 nitrogen and oxygen atoms in total. The molecule has 2 aromatic rings. The van der Waals surface area contributed by atoms with Crippen molar-refractivity contribution in [3.05, 3.63) is 33.1 Å². The number of anilines is 1. The van der Waals surface area contributed by atoms with Crippen LogP contribution in [-0.4, -0.2) is 28.4 Å². The van der Waals surface area contributed by atoms with Gasteiger partial charge in [0.15, 0.2) is 5.16 Å². The van der Waals surface area contributed by atoms with Gasteiger partial charge in [-0.15, -0.1) is 0 Å². The largest absolute Gasteiger partial charge is 0.383 e. The van der Waals surface area contributed by atoms with Crippen LogP contribution in [0, 0.1) is 0 Å². The van der Waals surface area contributed by atoms with Gasteiger partial charge in [-0.3, -0.25) is 0 Å². The Labute approximate surface area is 118 Å². The molecule has 7 heteroatoms. The molecule has 0 aliphatic rings. The Morgan fingerprint density at radius 2 is 2.28 bits per heavy atom. The van der Waals surface area contributed by atoms with Crippen LogP contribution in [0.5, 0.6) is 0 Å². The fourth-order valence-electron chi connectivity index (χ4n) is 1.54. The first-order valence-electron chi connectivity index (χ1n) is 5.16. The fraction of sp³-hybridized carbons (Fsp3) is 0.273. The van der Waals surface area contributed by atoms with Crippen molar-refractivity contribution in [1.82, 2.24) is 9.97 Å². The number of nitrogens with one attached hydrogen (secondary N) is 1. The quantitative estimate of drug-likeness (QED) is 0.516. The SMILES string of the molecule is CNc1nc(SC)nc(Cl)c1C(O)c1ccsc1. The Hall–Kier alpha value is -0.820. The van der Waals surface area contributed by atoms with Gasteiger partial charge in [-0.25, -0.2) is 9.97 Å². The molecule has 0 aromatic carbocycles. The maximum Gasteiger partial charge on any atom is 0.190 e. The van der Waals surface area contributed by atoms with Crippen molar-refractivity contribution in [3.8, 4) is 0 Å². The first-order chi connectivity index (χ1) is 8.67. The Morgan fingerprint density at radius 3 is 2.83 bits per heavy atom. The van der Waals surface area contributed by atoms with E-state index >= 15 is 0 Å². The number of rotatable bonds is 4. The number of aliphatic hydroxyl groups excluding tert-OH is 1. The minimum absolute atomic E-state index is 0.275. The van der Waals surface area contributed by atoms with Crippen LogP contribution < -0.4 is 5.32 Å². The van der Waals surface area contributed by atoms with E-state index in [1.807, 2.05) is 23.1 Å². The third kappa shape index (κ3) is 2.61. The highest BCUT2D eigenvalue weighted by atomic mass is 35.5. The molecular formula is C11H12ClN3OS2. The van der Waals surface area contributed by atoms with E-state index in [4.69, 9.17) is 11.6 Å². The number of aliphatic hydroxyl groups is 1. The maximum absolute atomic E-state index is 10.3. The zero-order valence-corrected chi connectivity index (χ0v) is 12.2. The zero-order valence-electron chi connectivity index (χ0n) is 9.85. The molecule has 2 N–H and O–H groups in total. The highest BCUT2D eigenvalue weighted by molar-refractivity contribution is 7.98. The third-order valence-electron chi connectivity index (χ3n) is 2.43. The van der Waals surface area contributed by atoms with Crippen LogP contribution in [0.3, 0.4) is 0 Å². The minimum atomic E-state index is -0.817. The summed E-state index contributed by atoms with van der Waals surface area (Å²) in [6.07, 6.45) is 1.06. The van der Waals surface area contributed by atoms with Gasteiger partial charge in [0.25, 0.3) is 0 Å². The first kappa shape index (κ1) is 13.6. The van der Waals surface area contributed by atoms with Crippen molar-refractivity contribution in [2.75, 3.05) is 18.6 Å². The summed E-state index contributed by atoms with van der Waals surface area (Å²) < 4.78 is 0. The third-order valence-corrected chi connectivity index (χ3v) is 3.97. The van der Waals surface area contributed by atoms with E-state index in [0.29, 0.717) is 16.5 Å². The van der Waals surface area contributed by atoms with Crippen LogP contribution in [0.25, 0.3) is 0 Å². The van der Waals surface area contributed by atoms with Gasteiger partial charge in [0.05, 0.1) is 5.56 Å². The monoisotopic (exact) mass is 301 g/mol. The molecule has 0 bridgehead atoms. The van der Waals surface area contributed by atoms with Gasteiger partial charge >= 0.3 is 0 Å². The van der Waals surface area contributed by atoms with Crippen molar-refractivity contribution in [1.29, 1.82) is 0 Å². The van der Waals surface area contributed by atoms with Crippen LogP contribution in [-0.2, 0) is 0 Å². The molecule has 2 rings (SSSR count). The van der Waals surface area contributed by atoms with E-state index in [2.05, 4.69) is 15.3 Å². The van der Waals surface area contributed by atoms with Gasteiger partial charge < -0.3 is 10.4 Å². The molecule has 0 fully saturated rings. The molecule has 1 atom stereocenters. The summed E-state index contributed by atoms with van der Waals surface area (Å²) in [5.74, 6) is 0.554. The van der Waals surface area contributed by atoms with E-state index in [1.54, 1.807) is 7.05 Å². The van der Waals surface area contributed by atoms with Gasteiger partial charge in [-0.2, -0.15) is 11.3 Å². The van der Waals surface area contributed by atoms with Crippen molar-refractivity contribution >= 4 is 40.5 Å². The first-order valence-corrected chi connectivity index (χ1v) is 7.71. The molecule has 0 radical (unpaired) electrons. The molecule has 0 saturated carbocycles. The van der Waals surface area contributed by atoms with Gasteiger partial charge in [-0.05, 0) is 28.6 Å². The Bertz CT molecular complexity index is 533. The Balaban J connectivity index is 2.49. The standard InChI is InChI=1S/C11H12ClN3OS2/c1-13-10-7(8(16)6-3-4-18-5-6)9(12)14-11(15-10)17-2/h3-5,8,16H,1-2H3,(H,13,14,15). The molecule has 18 heavy (non-hydrogen) atoms. The smallest absolute Gasteiger partial charge is 0.190 e. The highest BCUT2D eigenvalue weighted by Gasteiger charge is 2.21. The van der Waals surface area contributed by atoms with E-state index in [9.17, 15) is 5.11 Å². The molecule has 0 spiro atoms. The van der Waals surface area contributed by atoms with Crippen LogP contribution in [0.4, 0.5) is 5.82 Å². The molecule has 2 heterocycles. The molecular weight excluding hydrogens is 290 g/mol. The summed E-state index contributed by atoms with van der Waals surface area (Å²) in [5.41, 5.74) is 1.30. The maximum atomic E-state index is 10.3. The number of nitrogens with zero attached hydrogens (tertiary/aromatic N) is 2. The number of hydrogen-bond acceptors (Lipinski definition) is 6. The van der Waals surface area contributed by atoms with E-state index in [-0.39, 0.29) is 5.15 Å². The summed E-state index contributed by atoms with van der Waals surface area (Å²) in [6, 6.07) is 1.85. The molecule has 0 aliphatic carbocycles. The summed E-state index contributed by atoms with van der Waals surface area (Å²) in [4.78, 5) is 8.45. The van der Waals surface area contributed by atoms with Crippen LogP contribution in [0.2, 0.25) is 5.15 Å².